The van der Waals surface area contributed by atoms with E-state index in [2.05, 4.69) is 21.7 Å². The van der Waals surface area contributed by atoms with E-state index in [1.807, 2.05) is 26.1 Å². The summed E-state index contributed by atoms with van der Waals surface area (Å²) in [7, 11) is 1.92. The van der Waals surface area contributed by atoms with Crippen LogP contribution in [0.15, 0.2) is 32.8 Å². The summed E-state index contributed by atoms with van der Waals surface area (Å²) in [6, 6.07) is 5.98. The molecular formula is C12H13ClN2S2. The molecule has 90 valence electrons. The quantitative estimate of drug-likeness (QED) is 0.919. The Hall–Kier alpha value is -0.550. The Balaban J connectivity index is 2.28. The minimum atomic E-state index is 0.770. The normalized spacial score (nSPS) is 10.8. The molecule has 1 aromatic carbocycles. The molecule has 0 aliphatic rings. The van der Waals surface area contributed by atoms with Gasteiger partial charge in [-0.25, -0.2) is 4.98 Å². The van der Waals surface area contributed by atoms with Gasteiger partial charge in [0.25, 0.3) is 0 Å². The summed E-state index contributed by atoms with van der Waals surface area (Å²) >= 11 is 9.55. The predicted octanol–water partition coefficient (Wildman–Crippen LogP) is 3.98. The molecule has 1 aromatic heterocycles. The molecular weight excluding hydrogens is 272 g/mol. The lowest BCUT2D eigenvalue weighted by Gasteiger charge is -2.09. The Morgan fingerprint density at radius 2 is 2.29 bits per heavy atom. The molecule has 0 amide bonds. The SMILES string of the molecule is CNCc1c(Cl)cccc1Sc1nc(C)cs1. The van der Waals surface area contributed by atoms with Crippen molar-refractivity contribution in [1.82, 2.24) is 10.3 Å². The van der Waals surface area contributed by atoms with E-state index in [4.69, 9.17) is 11.6 Å². The van der Waals surface area contributed by atoms with Crippen LogP contribution in [0.2, 0.25) is 5.02 Å². The van der Waals surface area contributed by atoms with E-state index in [9.17, 15) is 0 Å². The summed E-state index contributed by atoms with van der Waals surface area (Å²) in [5.41, 5.74) is 2.20. The second-order valence-electron chi connectivity index (χ2n) is 3.60. The maximum Gasteiger partial charge on any atom is 0.154 e. The fraction of sp³-hybridized carbons (Fsp3) is 0.250. The maximum atomic E-state index is 6.21. The van der Waals surface area contributed by atoms with Crippen molar-refractivity contribution in [3.05, 3.63) is 39.9 Å². The third-order valence-corrected chi connectivity index (χ3v) is 4.74. The second kappa shape index (κ2) is 5.87. The van der Waals surface area contributed by atoms with Crippen molar-refractivity contribution in [3.63, 3.8) is 0 Å². The molecule has 0 saturated carbocycles. The van der Waals surface area contributed by atoms with Gasteiger partial charge < -0.3 is 5.32 Å². The van der Waals surface area contributed by atoms with Gasteiger partial charge in [-0.1, -0.05) is 29.4 Å². The summed E-state index contributed by atoms with van der Waals surface area (Å²) in [6.07, 6.45) is 0. The highest BCUT2D eigenvalue weighted by Crippen LogP contribution is 2.35. The van der Waals surface area contributed by atoms with Crippen molar-refractivity contribution >= 4 is 34.7 Å². The number of nitrogens with zero attached hydrogens (tertiary/aromatic N) is 1. The zero-order chi connectivity index (χ0) is 12.3. The molecule has 0 aliphatic heterocycles. The first kappa shape index (κ1) is 12.9. The number of halogens is 1. The van der Waals surface area contributed by atoms with Crippen molar-refractivity contribution in [2.24, 2.45) is 0 Å². The number of hydrogen-bond donors (Lipinski definition) is 1. The molecule has 5 heteroatoms. The molecule has 0 spiro atoms. The number of rotatable bonds is 4. The molecule has 2 aromatic rings. The van der Waals surface area contributed by atoms with Crippen molar-refractivity contribution in [2.45, 2.75) is 22.7 Å². The van der Waals surface area contributed by atoms with Crippen molar-refractivity contribution in [2.75, 3.05) is 7.05 Å². The first-order valence-corrected chi connectivity index (χ1v) is 7.30. The van der Waals surface area contributed by atoms with Crippen LogP contribution in [-0.4, -0.2) is 12.0 Å². The van der Waals surface area contributed by atoms with Crippen molar-refractivity contribution < 1.29 is 0 Å². The number of aromatic nitrogens is 1. The van der Waals surface area contributed by atoms with Crippen LogP contribution in [0.4, 0.5) is 0 Å². The zero-order valence-electron chi connectivity index (χ0n) is 9.66. The van der Waals surface area contributed by atoms with E-state index < -0.39 is 0 Å². The molecule has 1 heterocycles. The molecule has 2 rings (SSSR count). The van der Waals surface area contributed by atoms with Gasteiger partial charge in [0, 0.05) is 27.5 Å². The maximum absolute atomic E-state index is 6.21. The van der Waals surface area contributed by atoms with E-state index in [-0.39, 0.29) is 0 Å². The van der Waals surface area contributed by atoms with Crippen LogP contribution in [0.1, 0.15) is 11.3 Å². The number of benzene rings is 1. The van der Waals surface area contributed by atoms with Gasteiger partial charge in [-0.15, -0.1) is 11.3 Å². The number of nitrogens with one attached hydrogen (secondary N) is 1. The van der Waals surface area contributed by atoms with Crippen molar-refractivity contribution in [3.8, 4) is 0 Å². The molecule has 0 bridgehead atoms. The number of hydrogen-bond acceptors (Lipinski definition) is 4. The highest BCUT2D eigenvalue weighted by Gasteiger charge is 2.09. The predicted molar refractivity (Wildman–Crippen MR) is 75.2 cm³/mol. The van der Waals surface area contributed by atoms with Crippen LogP contribution in [0, 0.1) is 6.92 Å². The van der Waals surface area contributed by atoms with Gasteiger partial charge in [-0.05, 0) is 31.7 Å². The zero-order valence-corrected chi connectivity index (χ0v) is 12.0. The average molecular weight is 285 g/mol. The lowest BCUT2D eigenvalue weighted by atomic mass is 10.2. The van der Waals surface area contributed by atoms with E-state index in [0.717, 1.165) is 27.2 Å². The summed E-state index contributed by atoms with van der Waals surface area (Å²) in [4.78, 5) is 5.62. The molecule has 0 saturated heterocycles. The molecule has 17 heavy (non-hydrogen) atoms. The molecule has 1 N–H and O–H groups in total. The summed E-state index contributed by atoms with van der Waals surface area (Å²) in [5, 5.41) is 6.00. The van der Waals surface area contributed by atoms with Crippen LogP contribution >= 0.6 is 34.7 Å². The van der Waals surface area contributed by atoms with Crippen molar-refractivity contribution in [1.29, 1.82) is 0 Å². The molecule has 0 unspecified atom stereocenters. The van der Waals surface area contributed by atoms with Crippen LogP contribution in [-0.2, 0) is 6.54 Å². The standard InChI is InChI=1S/C12H13ClN2S2/c1-8-7-16-12(15-8)17-11-5-3-4-10(13)9(11)6-14-2/h3-5,7,14H,6H2,1-2H3. The lowest BCUT2D eigenvalue weighted by molar-refractivity contribution is 0.803. The van der Waals surface area contributed by atoms with Crippen LogP contribution < -0.4 is 5.32 Å². The monoisotopic (exact) mass is 284 g/mol. The van der Waals surface area contributed by atoms with Crippen LogP contribution in [0.5, 0.6) is 0 Å². The number of thiazole rings is 1. The lowest BCUT2D eigenvalue weighted by Crippen LogP contribution is -2.06. The molecule has 0 aliphatic carbocycles. The fourth-order valence-corrected chi connectivity index (χ4v) is 3.71. The Bertz CT molecular complexity index is 511. The first-order valence-electron chi connectivity index (χ1n) is 5.22. The minimum Gasteiger partial charge on any atom is -0.316 e. The Morgan fingerprint density at radius 1 is 1.47 bits per heavy atom. The molecule has 0 fully saturated rings. The summed E-state index contributed by atoms with van der Waals surface area (Å²) < 4.78 is 1.06. The average Bonchev–Trinajstić information content (AvgIpc) is 2.69. The van der Waals surface area contributed by atoms with Gasteiger partial charge in [0.05, 0.1) is 0 Å². The largest absolute Gasteiger partial charge is 0.316 e. The summed E-state index contributed by atoms with van der Waals surface area (Å²) in [5.74, 6) is 0. The van der Waals surface area contributed by atoms with E-state index in [1.54, 1.807) is 23.1 Å². The molecule has 0 radical (unpaired) electrons. The van der Waals surface area contributed by atoms with Gasteiger partial charge in [0.1, 0.15) is 0 Å². The fourth-order valence-electron chi connectivity index (χ4n) is 1.46. The first-order chi connectivity index (χ1) is 8.20. The molecule has 0 atom stereocenters. The Morgan fingerprint density at radius 3 is 2.94 bits per heavy atom. The van der Waals surface area contributed by atoms with Gasteiger partial charge in [-0.2, -0.15) is 0 Å². The van der Waals surface area contributed by atoms with Crippen LogP contribution in [0.3, 0.4) is 0 Å². The molecule has 2 nitrogen and oxygen atoms in total. The third-order valence-electron chi connectivity index (χ3n) is 2.22. The summed E-state index contributed by atoms with van der Waals surface area (Å²) in [6.45, 7) is 2.78. The minimum absolute atomic E-state index is 0.770. The van der Waals surface area contributed by atoms with Gasteiger partial charge in [0.15, 0.2) is 4.34 Å². The van der Waals surface area contributed by atoms with Crippen LogP contribution in [0.25, 0.3) is 0 Å². The Kier molecular flexibility index (Phi) is 4.45. The van der Waals surface area contributed by atoms with E-state index in [0.29, 0.717) is 0 Å². The van der Waals surface area contributed by atoms with Gasteiger partial charge in [-0.3, -0.25) is 0 Å². The number of aryl methyl sites for hydroxylation is 1. The van der Waals surface area contributed by atoms with E-state index in [1.165, 1.54) is 4.90 Å². The van der Waals surface area contributed by atoms with E-state index >= 15 is 0 Å². The highest BCUT2D eigenvalue weighted by atomic mass is 35.5. The topological polar surface area (TPSA) is 24.9 Å². The highest BCUT2D eigenvalue weighted by molar-refractivity contribution is 8.01. The Labute approximate surface area is 114 Å². The van der Waals surface area contributed by atoms with Gasteiger partial charge in [0.2, 0.25) is 0 Å². The van der Waals surface area contributed by atoms with Gasteiger partial charge >= 0.3 is 0 Å². The smallest absolute Gasteiger partial charge is 0.154 e. The third kappa shape index (κ3) is 3.22. The second-order valence-corrected chi connectivity index (χ2v) is 6.16.